The van der Waals surface area contributed by atoms with Crippen molar-refractivity contribution < 1.29 is 0 Å². The van der Waals surface area contributed by atoms with Crippen LogP contribution in [0.3, 0.4) is 0 Å². The van der Waals surface area contributed by atoms with Gasteiger partial charge in [0, 0.05) is 44.6 Å². The van der Waals surface area contributed by atoms with Gasteiger partial charge in [-0.15, -0.1) is 0 Å². The predicted octanol–water partition coefficient (Wildman–Crippen LogP) is 13.1. The lowest BCUT2D eigenvalue weighted by Gasteiger charge is -2.42. The Kier molecular flexibility index (Phi) is 5.94. The van der Waals surface area contributed by atoms with Gasteiger partial charge in [-0.05, 0) is 92.6 Å². The highest BCUT2D eigenvalue weighted by Crippen LogP contribution is 2.56. The molecule has 0 saturated heterocycles. The Morgan fingerprint density at radius 3 is 2.12 bits per heavy atom. The average molecular weight is 669 g/mol. The molecule has 0 N–H and O–H groups in total. The fourth-order valence-corrected chi connectivity index (χ4v) is 9.92. The van der Waals surface area contributed by atoms with Gasteiger partial charge in [-0.1, -0.05) is 143 Å². The minimum absolute atomic E-state index is 0.0991. The number of rotatable bonds is 4. The van der Waals surface area contributed by atoms with Crippen LogP contribution in [0.25, 0.3) is 43.8 Å². The van der Waals surface area contributed by atoms with Crippen molar-refractivity contribution in [2.75, 3.05) is 4.90 Å². The van der Waals surface area contributed by atoms with Crippen LogP contribution in [0, 0.1) is 5.92 Å². The van der Waals surface area contributed by atoms with Gasteiger partial charge < -0.3 is 9.47 Å². The Bertz CT molecular complexity index is 2810. The first-order chi connectivity index (χ1) is 25.3. The fraction of sp³-hybridized carbons (Fsp3) is 0.160. The molecule has 0 spiro atoms. The number of fused-ring (bicyclic) bond motifs is 3. The highest BCUT2D eigenvalue weighted by molar-refractivity contribution is 6.15. The topological polar surface area (TPSA) is 8.17 Å². The Balaban J connectivity index is 1.18. The molecule has 2 aliphatic carbocycles. The van der Waals surface area contributed by atoms with Gasteiger partial charge in [0.25, 0.3) is 0 Å². The zero-order valence-electron chi connectivity index (χ0n) is 30.1. The van der Waals surface area contributed by atoms with Crippen LogP contribution in [0.5, 0.6) is 0 Å². The average Bonchev–Trinajstić information content (AvgIpc) is 3.51. The van der Waals surface area contributed by atoms with Crippen LogP contribution in [0.1, 0.15) is 61.9 Å². The summed E-state index contributed by atoms with van der Waals surface area (Å²) in [4.78, 5) is 2.48. The molecule has 4 aliphatic rings. The third kappa shape index (κ3) is 3.90. The van der Waals surface area contributed by atoms with Gasteiger partial charge in [0.2, 0.25) is 0 Å². The maximum Gasteiger partial charge on any atom is 0.0583 e. The Labute approximate surface area is 305 Å². The van der Waals surface area contributed by atoms with E-state index in [1.807, 2.05) is 0 Å². The van der Waals surface area contributed by atoms with E-state index in [1.165, 1.54) is 82.9 Å². The molecule has 0 radical (unpaired) electrons. The summed E-state index contributed by atoms with van der Waals surface area (Å²) in [7, 11) is 0. The van der Waals surface area contributed by atoms with Crippen molar-refractivity contribution in [3.05, 3.63) is 185 Å². The van der Waals surface area contributed by atoms with Crippen LogP contribution < -0.4 is 4.90 Å². The molecule has 1 atom stereocenters. The van der Waals surface area contributed by atoms with E-state index in [0.29, 0.717) is 5.92 Å². The molecule has 2 heteroatoms. The first-order valence-electron chi connectivity index (χ1n) is 18.7. The number of anilines is 3. The summed E-state index contributed by atoms with van der Waals surface area (Å²) < 4.78 is 2.62. The second kappa shape index (κ2) is 10.4. The fourth-order valence-electron chi connectivity index (χ4n) is 9.92. The minimum Gasteiger partial charge on any atom is -0.310 e. The molecule has 250 valence electrons. The summed E-state index contributed by atoms with van der Waals surface area (Å²) in [5, 5.41) is 5.14. The number of aromatic nitrogens is 1. The van der Waals surface area contributed by atoms with Gasteiger partial charge in [0.1, 0.15) is 0 Å². The number of benzene rings is 6. The van der Waals surface area contributed by atoms with Gasteiger partial charge in [-0.2, -0.15) is 0 Å². The molecule has 0 saturated carbocycles. The van der Waals surface area contributed by atoms with Crippen molar-refractivity contribution in [1.82, 2.24) is 4.57 Å². The summed E-state index contributed by atoms with van der Waals surface area (Å²) in [6, 6.07) is 43.8. The first-order valence-corrected chi connectivity index (χ1v) is 18.7. The molecule has 7 aromatic rings. The van der Waals surface area contributed by atoms with E-state index in [1.54, 1.807) is 0 Å². The van der Waals surface area contributed by atoms with Gasteiger partial charge in [0.15, 0.2) is 0 Å². The van der Waals surface area contributed by atoms with E-state index < -0.39 is 0 Å². The molecular weight excluding hydrogens is 629 g/mol. The second-order valence-corrected chi connectivity index (χ2v) is 16.1. The molecule has 52 heavy (non-hydrogen) atoms. The third-order valence-corrected chi connectivity index (χ3v) is 12.6. The smallest absolute Gasteiger partial charge is 0.0583 e. The van der Waals surface area contributed by atoms with Gasteiger partial charge in [0.05, 0.1) is 16.7 Å². The molecule has 0 amide bonds. The lowest BCUT2D eigenvalue weighted by molar-refractivity contribution is 0.593. The van der Waals surface area contributed by atoms with E-state index in [-0.39, 0.29) is 10.8 Å². The van der Waals surface area contributed by atoms with Gasteiger partial charge in [-0.3, -0.25) is 0 Å². The SMILES string of the molecule is CC1(C)c2cccc3c2-n2c4c1cccc4c1cc(N(c4ccc(C5=C6C=CC=CC6CC=C5)cc4)c4ccc5ccccc5c4)cc(c12)C3(C)C. The normalized spacial score (nSPS) is 18.5. The minimum atomic E-state index is -0.198. The third-order valence-electron chi connectivity index (χ3n) is 12.6. The van der Waals surface area contributed by atoms with E-state index in [9.17, 15) is 0 Å². The first kappa shape index (κ1) is 29.8. The zero-order chi connectivity index (χ0) is 34.9. The largest absolute Gasteiger partial charge is 0.310 e. The van der Waals surface area contributed by atoms with Crippen LogP contribution >= 0.6 is 0 Å². The van der Waals surface area contributed by atoms with E-state index >= 15 is 0 Å². The van der Waals surface area contributed by atoms with Crippen LogP contribution in [0.15, 0.2) is 157 Å². The monoisotopic (exact) mass is 668 g/mol. The molecule has 2 nitrogen and oxygen atoms in total. The van der Waals surface area contributed by atoms with Crippen molar-refractivity contribution >= 4 is 55.2 Å². The van der Waals surface area contributed by atoms with Crippen molar-refractivity contribution in [1.29, 1.82) is 0 Å². The molecule has 1 aromatic heterocycles. The number of nitrogens with zero attached hydrogens (tertiary/aromatic N) is 2. The maximum atomic E-state index is 2.62. The zero-order valence-corrected chi connectivity index (χ0v) is 30.1. The molecule has 1 unspecified atom stereocenters. The molecular formula is C50H40N2. The number of hydrogen-bond acceptors (Lipinski definition) is 1. The van der Waals surface area contributed by atoms with E-state index in [2.05, 4.69) is 189 Å². The Morgan fingerprint density at radius 2 is 1.29 bits per heavy atom. The van der Waals surface area contributed by atoms with Gasteiger partial charge in [-0.25, -0.2) is 0 Å². The standard InChI is InChI=1S/C50H40N2/c1-49(2)42-19-10-18-40-41-29-37(30-45-47(41)52(46(40)42)48-43(49)20-11-21-44(48)50(45,3)4)51(36-27-22-31-12-5-6-14-34(31)28-36)35-25-23-33(24-26-35)39-17-9-15-32-13-7-8-16-38(32)39/h5-14,16-30,32H,15H2,1-4H3. The van der Waals surface area contributed by atoms with Crippen LogP contribution in [0.4, 0.5) is 17.1 Å². The van der Waals surface area contributed by atoms with Crippen LogP contribution in [0.2, 0.25) is 0 Å². The maximum absolute atomic E-state index is 2.62. The Hall–Kier alpha value is -5.86. The molecule has 0 fully saturated rings. The summed E-state index contributed by atoms with van der Waals surface area (Å²) in [5.41, 5.74) is 16.9. The summed E-state index contributed by atoms with van der Waals surface area (Å²) in [6.07, 6.45) is 14.7. The quantitative estimate of drug-likeness (QED) is 0.181. The number of para-hydroxylation sites is 2. The second-order valence-electron chi connectivity index (χ2n) is 16.1. The summed E-state index contributed by atoms with van der Waals surface area (Å²) in [5.74, 6) is 0.455. The van der Waals surface area contributed by atoms with E-state index in [0.717, 1.165) is 17.8 Å². The number of hydrogen-bond donors (Lipinski definition) is 0. The lowest BCUT2D eigenvalue weighted by atomic mass is 9.68. The lowest BCUT2D eigenvalue weighted by Crippen LogP contribution is -2.33. The summed E-state index contributed by atoms with van der Waals surface area (Å²) >= 11 is 0. The molecule has 6 aromatic carbocycles. The Morgan fingerprint density at radius 1 is 0.577 bits per heavy atom. The van der Waals surface area contributed by atoms with Crippen molar-refractivity contribution in [3.63, 3.8) is 0 Å². The molecule has 3 heterocycles. The summed E-state index contributed by atoms with van der Waals surface area (Å²) in [6.45, 7) is 9.65. The van der Waals surface area contributed by atoms with Crippen LogP contribution in [-0.2, 0) is 10.8 Å². The van der Waals surface area contributed by atoms with Crippen molar-refractivity contribution in [2.45, 2.75) is 44.9 Å². The molecule has 0 bridgehead atoms. The molecule has 11 rings (SSSR count). The predicted molar refractivity (Wildman–Crippen MR) is 220 cm³/mol. The highest BCUT2D eigenvalue weighted by Gasteiger charge is 2.43. The highest BCUT2D eigenvalue weighted by atomic mass is 15.1. The number of allylic oxidation sites excluding steroid dienone is 8. The van der Waals surface area contributed by atoms with E-state index in [4.69, 9.17) is 0 Å². The van der Waals surface area contributed by atoms with Crippen LogP contribution in [-0.4, -0.2) is 4.57 Å². The van der Waals surface area contributed by atoms with Gasteiger partial charge >= 0.3 is 0 Å². The molecule has 2 aliphatic heterocycles. The van der Waals surface area contributed by atoms with Crippen molar-refractivity contribution in [3.8, 4) is 5.69 Å². The van der Waals surface area contributed by atoms with Crippen molar-refractivity contribution in [2.24, 2.45) is 5.92 Å².